The van der Waals surface area contributed by atoms with Gasteiger partial charge in [-0.15, -0.1) is 0 Å². The van der Waals surface area contributed by atoms with Gasteiger partial charge in [0.25, 0.3) is 6.16 Å². The maximum atomic E-state index is 12.6. The van der Waals surface area contributed by atoms with Crippen LogP contribution in [-0.2, 0) is 4.74 Å². The second kappa shape index (κ2) is 4.63. The van der Waals surface area contributed by atoms with E-state index in [1.165, 1.54) is 6.92 Å². The van der Waals surface area contributed by atoms with Crippen molar-refractivity contribution in [1.82, 2.24) is 0 Å². The number of hydrogen-bond donors (Lipinski definition) is 0. The van der Waals surface area contributed by atoms with Crippen LogP contribution in [0.1, 0.15) is 19.8 Å². The topological polar surface area (TPSA) is 49.4 Å². The number of hydrogen-bond acceptors (Lipinski definition) is 3. The van der Waals surface area contributed by atoms with Crippen LogP contribution in [0.5, 0.6) is 0 Å². The third-order valence-electron chi connectivity index (χ3n) is 1.57. The van der Waals surface area contributed by atoms with E-state index in [1.54, 1.807) is 0 Å². The molecule has 15 heavy (non-hydrogen) atoms. The first kappa shape index (κ1) is 13.9. The van der Waals surface area contributed by atoms with Crippen molar-refractivity contribution in [3.8, 4) is 0 Å². The second-order valence-corrected chi connectivity index (χ2v) is 2.77. The molecule has 1 unspecified atom stereocenters. The molecule has 0 heterocycles. The Morgan fingerprint density at radius 1 is 1.33 bits per heavy atom. The molecule has 0 fully saturated rings. The van der Waals surface area contributed by atoms with Crippen molar-refractivity contribution >= 4 is 6.16 Å². The molecule has 0 rings (SSSR count). The van der Waals surface area contributed by atoms with E-state index >= 15 is 0 Å². The fourth-order valence-corrected chi connectivity index (χ4v) is 0.875. The van der Waals surface area contributed by atoms with Crippen LogP contribution in [0.4, 0.5) is 26.7 Å². The lowest BCUT2D eigenvalue weighted by Gasteiger charge is -2.31. The molecule has 0 aliphatic rings. The standard InChI is InChI=1S/C7H9F5O3/c1-2-3-4(15-5(13)14)6(8,9)7(10,11)12/h4H,2-3H2,1H3,(H,13,14)/p-1. The molecule has 0 aliphatic heterocycles. The van der Waals surface area contributed by atoms with Crippen LogP contribution in [0.3, 0.4) is 0 Å². The molecule has 0 N–H and O–H groups in total. The van der Waals surface area contributed by atoms with Crippen molar-refractivity contribution < 1.29 is 36.6 Å². The Labute approximate surface area is 81.8 Å². The Morgan fingerprint density at radius 2 is 1.80 bits per heavy atom. The van der Waals surface area contributed by atoms with Crippen LogP contribution in [0.15, 0.2) is 0 Å². The summed E-state index contributed by atoms with van der Waals surface area (Å²) in [6.45, 7) is 1.32. The third kappa shape index (κ3) is 3.52. The van der Waals surface area contributed by atoms with E-state index in [0.29, 0.717) is 0 Å². The molecule has 0 aliphatic carbocycles. The second-order valence-electron chi connectivity index (χ2n) is 2.77. The maximum Gasteiger partial charge on any atom is 0.455 e. The van der Waals surface area contributed by atoms with Gasteiger partial charge in [-0.05, 0) is 6.42 Å². The SMILES string of the molecule is CCCC(OC(=O)[O-])C(F)(F)C(F)(F)F. The molecule has 0 aromatic rings. The third-order valence-corrected chi connectivity index (χ3v) is 1.57. The van der Waals surface area contributed by atoms with Crippen LogP contribution in [-0.4, -0.2) is 24.4 Å². The van der Waals surface area contributed by atoms with Gasteiger partial charge < -0.3 is 14.6 Å². The van der Waals surface area contributed by atoms with Crippen molar-refractivity contribution in [3.05, 3.63) is 0 Å². The number of carbonyl (C=O) groups is 1. The molecule has 1 atom stereocenters. The van der Waals surface area contributed by atoms with E-state index in [0.717, 1.165) is 0 Å². The van der Waals surface area contributed by atoms with Crippen LogP contribution < -0.4 is 5.11 Å². The molecular weight excluding hydrogens is 227 g/mol. The highest BCUT2D eigenvalue weighted by Gasteiger charge is 2.61. The molecule has 0 saturated carbocycles. The van der Waals surface area contributed by atoms with Crippen molar-refractivity contribution in [1.29, 1.82) is 0 Å². The average molecular weight is 235 g/mol. The molecule has 0 bridgehead atoms. The fraction of sp³-hybridized carbons (Fsp3) is 0.857. The molecular formula is C7H8F5O3-. The predicted octanol–water partition coefficient (Wildman–Crippen LogP) is 1.71. The summed E-state index contributed by atoms with van der Waals surface area (Å²) in [6, 6.07) is 0. The van der Waals surface area contributed by atoms with Gasteiger partial charge >= 0.3 is 12.1 Å². The van der Waals surface area contributed by atoms with Gasteiger partial charge in [0, 0.05) is 0 Å². The highest BCUT2D eigenvalue weighted by molar-refractivity contribution is 5.54. The number of rotatable bonds is 4. The lowest BCUT2D eigenvalue weighted by atomic mass is 10.1. The molecule has 0 aromatic carbocycles. The van der Waals surface area contributed by atoms with Crippen LogP contribution in [0, 0.1) is 0 Å². The minimum absolute atomic E-state index is 0.0797. The van der Waals surface area contributed by atoms with Crippen LogP contribution in [0.2, 0.25) is 0 Å². The summed E-state index contributed by atoms with van der Waals surface area (Å²) in [6.07, 6.45) is -11.8. The quantitative estimate of drug-likeness (QED) is 0.550. The molecule has 0 saturated heterocycles. The number of carboxylic acid groups (broad SMARTS) is 1. The van der Waals surface area contributed by atoms with E-state index in [2.05, 4.69) is 4.74 Å². The van der Waals surface area contributed by atoms with E-state index in [-0.39, 0.29) is 6.42 Å². The molecule has 3 nitrogen and oxygen atoms in total. The van der Waals surface area contributed by atoms with Gasteiger partial charge in [0.15, 0.2) is 0 Å². The zero-order valence-electron chi connectivity index (χ0n) is 7.61. The Balaban J connectivity index is 4.81. The first-order valence-corrected chi connectivity index (χ1v) is 3.95. The normalized spacial score (nSPS) is 14.8. The lowest BCUT2D eigenvalue weighted by Crippen LogP contribution is -2.50. The summed E-state index contributed by atoms with van der Waals surface area (Å²) in [7, 11) is 0. The van der Waals surface area contributed by atoms with Crippen molar-refractivity contribution in [2.75, 3.05) is 0 Å². The van der Waals surface area contributed by atoms with E-state index in [1.807, 2.05) is 0 Å². The first-order valence-electron chi connectivity index (χ1n) is 3.95. The summed E-state index contributed by atoms with van der Waals surface area (Å²) >= 11 is 0. The van der Waals surface area contributed by atoms with Crippen molar-refractivity contribution in [2.24, 2.45) is 0 Å². The lowest BCUT2D eigenvalue weighted by molar-refractivity contribution is -0.337. The smallest absolute Gasteiger partial charge is 0.455 e. The largest absolute Gasteiger partial charge is 0.540 e. The Hall–Kier alpha value is -1.08. The number of ether oxygens (including phenoxy) is 1. The number of carbonyl (C=O) groups excluding carboxylic acids is 1. The number of alkyl halides is 5. The van der Waals surface area contributed by atoms with Gasteiger partial charge in [0.1, 0.15) is 6.10 Å². The summed E-state index contributed by atoms with van der Waals surface area (Å²) in [5, 5.41) is 9.82. The Kier molecular flexibility index (Phi) is 4.29. The monoisotopic (exact) mass is 235 g/mol. The molecule has 0 radical (unpaired) electrons. The van der Waals surface area contributed by atoms with Crippen LogP contribution >= 0.6 is 0 Å². The van der Waals surface area contributed by atoms with Gasteiger partial charge in [0.05, 0.1) is 0 Å². The minimum Gasteiger partial charge on any atom is -0.540 e. The molecule has 0 spiro atoms. The van der Waals surface area contributed by atoms with Crippen molar-refractivity contribution in [3.63, 3.8) is 0 Å². The highest BCUT2D eigenvalue weighted by atomic mass is 19.4. The first-order chi connectivity index (χ1) is 6.63. The highest BCUT2D eigenvalue weighted by Crippen LogP contribution is 2.40. The summed E-state index contributed by atoms with van der Waals surface area (Å²) in [4.78, 5) is 9.82. The van der Waals surface area contributed by atoms with Crippen molar-refractivity contribution in [2.45, 2.75) is 38.0 Å². The fourth-order valence-electron chi connectivity index (χ4n) is 0.875. The molecule has 0 amide bonds. The number of halogens is 5. The van der Waals surface area contributed by atoms with Crippen LogP contribution in [0.25, 0.3) is 0 Å². The van der Waals surface area contributed by atoms with Gasteiger partial charge in [-0.1, -0.05) is 13.3 Å². The zero-order valence-corrected chi connectivity index (χ0v) is 7.61. The summed E-state index contributed by atoms with van der Waals surface area (Å²) in [5.41, 5.74) is 0. The molecule has 90 valence electrons. The Morgan fingerprint density at radius 3 is 2.07 bits per heavy atom. The van der Waals surface area contributed by atoms with E-state index in [9.17, 15) is 31.9 Å². The summed E-state index contributed by atoms with van der Waals surface area (Å²) < 4.78 is 64.1. The summed E-state index contributed by atoms with van der Waals surface area (Å²) in [5.74, 6) is -5.21. The van der Waals surface area contributed by atoms with Gasteiger partial charge in [-0.25, -0.2) is 0 Å². The molecule has 8 heteroatoms. The van der Waals surface area contributed by atoms with E-state index < -0.39 is 30.8 Å². The zero-order chi connectivity index (χ0) is 12.3. The van der Waals surface area contributed by atoms with E-state index in [4.69, 9.17) is 0 Å². The van der Waals surface area contributed by atoms with Gasteiger partial charge in [-0.3, -0.25) is 0 Å². The molecule has 0 aromatic heterocycles. The van der Waals surface area contributed by atoms with Gasteiger partial charge in [0.2, 0.25) is 0 Å². The Bertz CT molecular complexity index is 225. The minimum atomic E-state index is -5.84. The maximum absolute atomic E-state index is 12.6. The average Bonchev–Trinajstić information content (AvgIpc) is 2.00. The van der Waals surface area contributed by atoms with Gasteiger partial charge in [-0.2, -0.15) is 22.0 Å². The predicted molar refractivity (Wildman–Crippen MR) is 36.2 cm³/mol.